The number of hydrogen-bond acceptors (Lipinski definition) is 3. The number of halogens is 2. The molecule has 1 amide bonds. The largest absolute Gasteiger partial charge is 0.392 e. The SMILES string of the molecule is O=C(NCc1ccc(F)c(Cl)c1)[C@@H]1C[C@H](O)CN1. The van der Waals surface area contributed by atoms with Crippen molar-refractivity contribution in [3.05, 3.63) is 34.6 Å². The number of amides is 1. The number of carbonyl (C=O) groups is 1. The van der Waals surface area contributed by atoms with Gasteiger partial charge >= 0.3 is 0 Å². The lowest BCUT2D eigenvalue weighted by molar-refractivity contribution is -0.123. The number of hydrogen-bond donors (Lipinski definition) is 3. The van der Waals surface area contributed by atoms with E-state index in [1.165, 1.54) is 12.1 Å². The van der Waals surface area contributed by atoms with Gasteiger partial charge in [-0.05, 0) is 24.1 Å². The summed E-state index contributed by atoms with van der Waals surface area (Å²) in [5, 5.41) is 15.0. The molecule has 1 fully saturated rings. The highest BCUT2D eigenvalue weighted by Gasteiger charge is 2.27. The van der Waals surface area contributed by atoms with Gasteiger partial charge in [0.15, 0.2) is 0 Å². The molecule has 1 aromatic rings. The Morgan fingerprint density at radius 3 is 3.00 bits per heavy atom. The molecule has 1 aliphatic heterocycles. The van der Waals surface area contributed by atoms with Crippen molar-refractivity contribution in [1.82, 2.24) is 10.6 Å². The molecule has 0 unspecified atom stereocenters. The summed E-state index contributed by atoms with van der Waals surface area (Å²) in [6.45, 7) is 0.716. The van der Waals surface area contributed by atoms with Gasteiger partial charge in [-0.1, -0.05) is 17.7 Å². The van der Waals surface area contributed by atoms with Crippen LogP contribution in [0.15, 0.2) is 18.2 Å². The molecular formula is C12H14ClFN2O2. The summed E-state index contributed by atoms with van der Waals surface area (Å²) < 4.78 is 12.9. The lowest BCUT2D eigenvalue weighted by Gasteiger charge is -2.11. The molecule has 0 saturated carbocycles. The molecular weight excluding hydrogens is 259 g/mol. The lowest BCUT2D eigenvalue weighted by atomic mass is 10.2. The fourth-order valence-corrected chi connectivity index (χ4v) is 2.08. The summed E-state index contributed by atoms with van der Waals surface area (Å²) in [6, 6.07) is 3.95. The molecule has 1 saturated heterocycles. The molecule has 2 rings (SSSR count). The topological polar surface area (TPSA) is 61.4 Å². The van der Waals surface area contributed by atoms with Crippen LogP contribution in [0.2, 0.25) is 5.02 Å². The summed E-state index contributed by atoms with van der Waals surface area (Å²) in [5.41, 5.74) is 0.730. The van der Waals surface area contributed by atoms with Crippen molar-refractivity contribution >= 4 is 17.5 Å². The van der Waals surface area contributed by atoms with E-state index in [1.54, 1.807) is 6.07 Å². The minimum absolute atomic E-state index is 0.0381. The maximum absolute atomic E-state index is 12.9. The third-order valence-electron chi connectivity index (χ3n) is 2.87. The Morgan fingerprint density at radius 2 is 2.39 bits per heavy atom. The molecule has 18 heavy (non-hydrogen) atoms. The lowest BCUT2D eigenvalue weighted by Crippen LogP contribution is -2.40. The van der Waals surface area contributed by atoms with E-state index in [9.17, 15) is 14.3 Å². The molecule has 1 heterocycles. The third-order valence-corrected chi connectivity index (χ3v) is 3.16. The molecule has 6 heteroatoms. The summed E-state index contributed by atoms with van der Waals surface area (Å²) in [5.74, 6) is -0.653. The average molecular weight is 273 g/mol. The van der Waals surface area contributed by atoms with Crippen molar-refractivity contribution in [2.75, 3.05) is 6.54 Å². The Labute approximate surface area is 109 Å². The zero-order chi connectivity index (χ0) is 13.1. The third kappa shape index (κ3) is 3.19. The first-order chi connectivity index (χ1) is 8.56. The van der Waals surface area contributed by atoms with Gasteiger partial charge in [0.2, 0.25) is 5.91 Å². The van der Waals surface area contributed by atoms with Crippen molar-refractivity contribution < 1.29 is 14.3 Å². The van der Waals surface area contributed by atoms with Crippen molar-refractivity contribution in [1.29, 1.82) is 0 Å². The molecule has 0 spiro atoms. The molecule has 0 aliphatic carbocycles. The Morgan fingerprint density at radius 1 is 1.61 bits per heavy atom. The molecule has 0 aromatic heterocycles. The normalized spacial score (nSPS) is 23.1. The first-order valence-electron chi connectivity index (χ1n) is 5.69. The van der Waals surface area contributed by atoms with E-state index in [0.29, 0.717) is 13.0 Å². The summed E-state index contributed by atoms with van der Waals surface area (Å²) >= 11 is 5.64. The van der Waals surface area contributed by atoms with Gasteiger partial charge < -0.3 is 15.7 Å². The maximum Gasteiger partial charge on any atom is 0.237 e. The smallest absolute Gasteiger partial charge is 0.237 e. The van der Waals surface area contributed by atoms with E-state index < -0.39 is 11.9 Å². The Balaban J connectivity index is 1.87. The van der Waals surface area contributed by atoms with Crippen molar-refractivity contribution in [2.24, 2.45) is 0 Å². The van der Waals surface area contributed by atoms with Crippen LogP contribution in [0.5, 0.6) is 0 Å². The van der Waals surface area contributed by atoms with E-state index in [2.05, 4.69) is 10.6 Å². The fourth-order valence-electron chi connectivity index (χ4n) is 1.88. The van der Waals surface area contributed by atoms with Crippen LogP contribution in [-0.4, -0.2) is 29.7 Å². The van der Waals surface area contributed by atoms with E-state index in [0.717, 1.165) is 5.56 Å². The number of nitrogens with one attached hydrogen (secondary N) is 2. The quantitative estimate of drug-likeness (QED) is 0.763. The molecule has 0 radical (unpaired) electrons. The summed E-state index contributed by atoms with van der Waals surface area (Å²) in [4.78, 5) is 11.7. The van der Waals surface area contributed by atoms with E-state index >= 15 is 0 Å². The monoisotopic (exact) mass is 272 g/mol. The van der Waals surface area contributed by atoms with Gasteiger partial charge in [0.25, 0.3) is 0 Å². The van der Waals surface area contributed by atoms with Gasteiger partial charge in [-0.2, -0.15) is 0 Å². The number of rotatable bonds is 3. The van der Waals surface area contributed by atoms with Gasteiger partial charge in [0.1, 0.15) is 5.82 Å². The average Bonchev–Trinajstić information content (AvgIpc) is 2.77. The van der Waals surface area contributed by atoms with Crippen LogP contribution in [0.1, 0.15) is 12.0 Å². The van der Waals surface area contributed by atoms with Crippen molar-refractivity contribution in [3.8, 4) is 0 Å². The van der Waals surface area contributed by atoms with Crippen LogP contribution < -0.4 is 10.6 Å². The number of aliphatic hydroxyl groups excluding tert-OH is 1. The second-order valence-electron chi connectivity index (χ2n) is 4.32. The highest BCUT2D eigenvalue weighted by Crippen LogP contribution is 2.16. The minimum Gasteiger partial charge on any atom is -0.392 e. The maximum atomic E-state index is 12.9. The Hall–Kier alpha value is -1.17. The van der Waals surface area contributed by atoms with Gasteiger partial charge in [-0.25, -0.2) is 4.39 Å². The van der Waals surface area contributed by atoms with E-state index in [4.69, 9.17) is 11.6 Å². The number of β-amino-alcohol motifs (C(OH)–C–C–N with tert-alkyl or cyclic N) is 1. The number of carbonyl (C=O) groups excluding carboxylic acids is 1. The zero-order valence-electron chi connectivity index (χ0n) is 9.62. The van der Waals surface area contributed by atoms with E-state index in [1.807, 2.05) is 0 Å². The number of aliphatic hydroxyl groups is 1. The molecule has 2 atom stereocenters. The molecule has 3 N–H and O–H groups in total. The Kier molecular flexibility index (Phi) is 4.16. The van der Waals surface area contributed by atoms with Gasteiger partial charge in [0, 0.05) is 13.1 Å². The van der Waals surface area contributed by atoms with Crippen LogP contribution in [-0.2, 0) is 11.3 Å². The number of benzene rings is 1. The first kappa shape index (κ1) is 13.3. The van der Waals surface area contributed by atoms with Crippen molar-refractivity contribution in [2.45, 2.75) is 25.1 Å². The zero-order valence-corrected chi connectivity index (χ0v) is 10.4. The molecule has 1 aromatic carbocycles. The fraction of sp³-hybridized carbons (Fsp3) is 0.417. The highest BCUT2D eigenvalue weighted by atomic mass is 35.5. The van der Waals surface area contributed by atoms with Gasteiger partial charge in [-0.15, -0.1) is 0 Å². The predicted octanol–water partition coefficient (Wildman–Crippen LogP) is 0.818. The highest BCUT2D eigenvalue weighted by molar-refractivity contribution is 6.30. The van der Waals surface area contributed by atoms with Gasteiger partial charge in [-0.3, -0.25) is 4.79 Å². The molecule has 4 nitrogen and oxygen atoms in total. The second kappa shape index (κ2) is 5.65. The molecule has 0 bridgehead atoms. The minimum atomic E-state index is -0.479. The van der Waals surface area contributed by atoms with Crippen LogP contribution in [0.3, 0.4) is 0 Å². The van der Waals surface area contributed by atoms with Gasteiger partial charge in [0.05, 0.1) is 17.2 Å². The molecule has 98 valence electrons. The standard InChI is InChI=1S/C12H14ClFN2O2/c13-9-3-7(1-2-10(9)14)5-16-12(18)11-4-8(17)6-15-11/h1-3,8,11,15,17H,4-6H2,(H,16,18)/t8-,11-/m0/s1. The van der Waals surface area contributed by atoms with E-state index in [-0.39, 0.29) is 23.5 Å². The molecule has 1 aliphatic rings. The predicted molar refractivity (Wildman–Crippen MR) is 65.7 cm³/mol. The van der Waals surface area contributed by atoms with Crippen molar-refractivity contribution in [3.63, 3.8) is 0 Å². The van der Waals surface area contributed by atoms with Crippen LogP contribution in [0.4, 0.5) is 4.39 Å². The second-order valence-corrected chi connectivity index (χ2v) is 4.72. The van der Waals surface area contributed by atoms with Crippen LogP contribution >= 0.6 is 11.6 Å². The Bertz CT molecular complexity index is 456. The van der Waals surface area contributed by atoms with Crippen LogP contribution in [0, 0.1) is 5.82 Å². The summed E-state index contributed by atoms with van der Waals surface area (Å²) in [6.07, 6.45) is -0.0586. The van der Waals surface area contributed by atoms with Crippen LogP contribution in [0.25, 0.3) is 0 Å². The first-order valence-corrected chi connectivity index (χ1v) is 6.07. The summed E-state index contributed by atoms with van der Waals surface area (Å²) in [7, 11) is 0.